The van der Waals surface area contributed by atoms with Gasteiger partial charge in [-0.15, -0.1) is 0 Å². The van der Waals surface area contributed by atoms with E-state index in [0.29, 0.717) is 16.1 Å². The molecule has 5 nitrogen and oxygen atoms in total. The van der Waals surface area contributed by atoms with Crippen molar-refractivity contribution in [3.05, 3.63) is 42.0 Å². The molecule has 2 aromatic rings. The van der Waals surface area contributed by atoms with E-state index in [9.17, 15) is 5.21 Å². The summed E-state index contributed by atoms with van der Waals surface area (Å²) >= 11 is 0. The van der Waals surface area contributed by atoms with Crippen LogP contribution in [0.25, 0.3) is 11.4 Å². The van der Waals surface area contributed by atoms with Crippen LogP contribution in [-0.2, 0) is 0 Å². The lowest BCUT2D eigenvalue weighted by atomic mass is 10.2. The van der Waals surface area contributed by atoms with Crippen LogP contribution in [0.2, 0.25) is 0 Å². The molecular formula is C9H8N4O. The second kappa shape index (κ2) is 3.29. The van der Waals surface area contributed by atoms with Crippen molar-refractivity contribution in [2.45, 2.75) is 0 Å². The Morgan fingerprint density at radius 2 is 1.93 bits per heavy atom. The van der Waals surface area contributed by atoms with Crippen LogP contribution in [-0.4, -0.2) is 9.97 Å². The van der Waals surface area contributed by atoms with Gasteiger partial charge in [0.1, 0.15) is 0 Å². The van der Waals surface area contributed by atoms with Crippen molar-refractivity contribution in [3.8, 4) is 11.4 Å². The van der Waals surface area contributed by atoms with E-state index in [-0.39, 0.29) is 5.82 Å². The van der Waals surface area contributed by atoms with E-state index in [1.165, 1.54) is 12.3 Å². The zero-order chi connectivity index (χ0) is 9.97. The number of nitrogens with two attached hydrogens (primary N) is 1. The van der Waals surface area contributed by atoms with E-state index in [0.717, 1.165) is 0 Å². The number of nitrogen functional groups attached to an aromatic ring is 1. The highest BCUT2D eigenvalue weighted by Crippen LogP contribution is 2.11. The van der Waals surface area contributed by atoms with Gasteiger partial charge in [0.25, 0.3) is 0 Å². The zero-order valence-corrected chi connectivity index (χ0v) is 7.29. The summed E-state index contributed by atoms with van der Waals surface area (Å²) in [4.78, 5) is 7.80. The minimum absolute atomic E-state index is 0.285. The van der Waals surface area contributed by atoms with E-state index >= 15 is 0 Å². The van der Waals surface area contributed by atoms with Crippen molar-refractivity contribution in [2.75, 3.05) is 5.73 Å². The monoisotopic (exact) mass is 188 g/mol. The summed E-state index contributed by atoms with van der Waals surface area (Å²) in [6.45, 7) is 0. The Kier molecular flexibility index (Phi) is 1.98. The molecule has 2 heterocycles. The summed E-state index contributed by atoms with van der Waals surface area (Å²) in [6.07, 6.45) is 4.53. The van der Waals surface area contributed by atoms with Crippen molar-refractivity contribution in [1.82, 2.24) is 9.97 Å². The Hall–Kier alpha value is -2.17. The largest absolute Gasteiger partial charge is 0.710 e. The van der Waals surface area contributed by atoms with Gasteiger partial charge in [-0.1, -0.05) is 0 Å². The second-order valence-corrected chi connectivity index (χ2v) is 2.74. The maximum Gasteiger partial charge on any atom is 0.335 e. The van der Waals surface area contributed by atoms with Crippen LogP contribution in [0.15, 0.2) is 36.8 Å². The third-order valence-electron chi connectivity index (χ3n) is 1.76. The van der Waals surface area contributed by atoms with Gasteiger partial charge < -0.3 is 10.9 Å². The SMILES string of the molecule is Nc1cc[n+]([O-])c(-c2ccncc2)n1. The summed E-state index contributed by atoms with van der Waals surface area (Å²) in [5, 5.41) is 11.4. The summed E-state index contributed by atoms with van der Waals surface area (Å²) < 4.78 is 0.672. The third-order valence-corrected chi connectivity index (χ3v) is 1.76. The van der Waals surface area contributed by atoms with Crippen molar-refractivity contribution in [3.63, 3.8) is 0 Å². The first kappa shape index (κ1) is 8.43. The predicted octanol–water partition coefficient (Wildman–Crippen LogP) is 0.359. The molecule has 2 aromatic heterocycles. The molecule has 0 spiro atoms. The molecule has 0 saturated heterocycles. The van der Waals surface area contributed by atoms with Crippen molar-refractivity contribution in [2.24, 2.45) is 0 Å². The maximum atomic E-state index is 11.4. The molecule has 5 heteroatoms. The number of rotatable bonds is 1. The lowest BCUT2D eigenvalue weighted by Crippen LogP contribution is -2.30. The first-order chi connectivity index (χ1) is 6.77. The third kappa shape index (κ3) is 1.47. The average molecular weight is 188 g/mol. The van der Waals surface area contributed by atoms with Gasteiger partial charge in [-0.05, 0) is 17.1 Å². The summed E-state index contributed by atoms with van der Waals surface area (Å²) in [5.74, 6) is 0.608. The number of pyridine rings is 1. The number of hydrogen-bond donors (Lipinski definition) is 1. The highest BCUT2D eigenvalue weighted by atomic mass is 16.5. The number of aromatic nitrogens is 3. The normalized spacial score (nSPS) is 10.0. The molecule has 0 bridgehead atoms. The molecule has 0 atom stereocenters. The predicted molar refractivity (Wildman–Crippen MR) is 50.8 cm³/mol. The van der Waals surface area contributed by atoms with Crippen LogP contribution in [0.5, 0.6) is 0 Å². The van der Waals surface area contributed by atoms with Crippen LogP contribution in [0.3, 0.4) is 0 Å². The highest BCUT2D eigenvalue weighted by Gasteiger charge is 2.11. The topological polar surface area (TPSA) is 78.7 Å². The first-order valence-corrected chi connectivity index (χ1v) is 4.03. The Balaban J connectivity index is 2.57. The number of anilines is 1. The van der Waals surface area contributed by atoms with Crippen molar-refractivity contribution in [1.29, 1.82) is 0 Å². The molecular weight excluding hydrogens is 180 g/mol. The van der Waals surface area contributed by atoms with Gasteiger partial charge >= 0.3 is 5.82 Å². The van der Waals surface area contributed by atoms with E-state index in [1.54, 1.807) is 24.5 Å². The second-order valence-electron chi connectivity index (χ2n) is 2.74. The average Bonchev–Trinajstić information content (AvgIpc) is 2.23. The molecule has 0 unspecified atom stereocenters. The number of hydrogen-bond acceptors (Lipinski definition) is 4. The van der Waals surface area contributed by atoms with Crippen molar-refractivity contribution < 1.29 is 4.73 Å². The van der Waals surface area contributed by atoms with Crippen molar-refractivity contribution >= 4 is 5.82 Å². The van der Waals surface area contributed by atoms with E-state index in [4.69, 9.17) is 5.73 Å². The van der Waals surface area contributed by atoms with Crippen LogP contribution in [0.1, 0.15) is 0 Å². The van der Waals surface area contributed by atoms with Gasteiger partial charge in [0.2, 0.25) is 5.82 Å². The van der Waals surface area contributed by atoms with Gasteiger partial charge in [-0.25, -0.2) is 4.73 Å². The molecule has 0 amide bonds. The molecule has 0 aliphatic rings. The van der Waals surface area contributed by atoms with Gasteiger partial charge in [0.05, 0.1) is 11.8 Å². The van der Waals surface area contributed by atoms with Crippen LogP contribution < -0.4 is 10.5 Å². The van der Waals surface area contributed by atoms with Crippen LogP contribution >= 0.6 is 0 Å². The van der Waals surface area contributed by atoms with Gasteiger partial charge in [-0.3, -0.25) is 4.98 Å². The van der Waals surface area contributed by atoms with E-state index < -0.39 is 0 Å². The minimum atomic E-state index is 0.285. The highest BCUT2D eigenvalue weighted by molar-refractivity contribution is 5.52. The molecule has 0 saturated carbocycles. The molecule has 0 aliphatic heterocycles. The molecule has 0 fully saturated rings. The van der Waals surface area contributed by atoms with Gasteiger partial charge in [0.15, 0.2) is 0 Å². The molecule has 14 heavy (non-hydrogen) atoms. The zero-order valence-electron chi connectivity index (χ0n) is 7.29. The van der Waals surface area contributed by atoms with E-state index in [2.05, 4.69) is 9.97 Å². The van der Waals surface area contributed by atoms with Crippen LogP contribution in [0.4, 0.5) is 5.82 Å². The fraction of sp³-hybridized carbons (Fsp3) is 0. The summed E-state index contributed by atoms with van der Waals surface area (Å²) in [5.41, 5.74) is 6.18. The van der Waals surface area contributed by atoms with Gasteiger partial charge in [-0.2, -0.15) is 0 Å². The molecule has 0 radical (unpaired) electrons. The smallest absolute Gasteiger partial charge is 0.335 e. The summed E-state index contributed by atoms with van der Waals surface area (Å²) in [6, 6.07) is 4.87. The molecule has 70 valence electrons. The Bertz CT molecular complexity index is 444. The molecule has 0 aromatic carbocycles. The standard InChI is InChI=1S/C9H8N4O/c10-8-3-6-13(14)9(12-8)7-1-4-11-5-2-7/h1-6H,(H2,10,12). The maximum absolute atomic E-state index is 11.4. The van der Waals surface area contributed by atoms with Gasteiger partial charge in [0, 0.05) is 18.5 Å². The minimum Gasteiger partial charge on any atom is -0.710 e. The number of nitrogens with zero attached hydrogens (tertiary/aromatic N) is 3. The Morgan fingerprint density at radius 3 is 2.64 bits per heavy atom. The fourth-order valence-corrected chi connectivity index (χ4v) is 1.12. The first-order valence-electron chi connectivity index (χ1n) is 4.03. The molecule has 2 N–H and O–H groups in total. The fourth-order valence-electron chi connectivity index (χ4n) is 1.12. The Morgan fingerprint density at radius 1 is 1.21 bits per heavy atom. The van der Waals surface area contributed by atoms with Crippen LogP contribution in [0, 0.1) is 5.21 Å². The quantitative estimate of drug-likeness (QED) is 0.517. The molecule has 0 aliphatic carbocycles. The lowest BCUT2D eigenvalue weighted by Gasteiger charge is -2.04. The lowest BCUT2D eigenvalue weighted by molar-refractivity contribution is -0.596. The summed E-state index contributed by atoms with van der Waals surface area (Å²) in [7, 11) is 0. The molecule has 2 rings (SSSR count). The van der Waals surface area contributed by atoms with E-state index in [1.807, 2.05) is 0 Å². The Labute approximate surface area is 80.4 Å².